The summed E-state index contributed by atoms with van der Waals surface area (Å²) in [6.45, 7) is 4.01. The van der Waals surface area contributed by atoms with Gasteiger partial charge in [0.05, 0.1) is 29.4 Å². The number of esters is 1. The maximum absolute atomic E-state index is 12.9. The molecule has 0 aliphatic heterocycles. The maximum Gasteiger partial charge on any atom is 0.344 e. The summed E-state index contributed by atoms with van der Waals surface area (Å²) in [5.74, 6) is -0.264. The summed E-state index contributed by atoms with van der Waals surface area (Å²) in [4.78, 5) is 23.5. The molecule has 0 aliphatic carbocycles. The van der Waals surface area contributed by atoms with E-state index in [1.165, 1.54) is 18.3 Å². The molecule has 160 valence electrons. The predicted octanol–water partition coefficient (Wildman–Crippen LogP) is 3.46. The Balaban J connectivity index is 2.03. The van der Waals surface area contributed by atoms with Gasteiger partial charge in [0, 0.05) is 0 Å². The van der Waals surface area contributed by atoms with Crippen molar-refractivity contribution in [3.05, 3.63) is 56.9 Å². The summed E-state index contributed by atoms with van der Waals surface area (Å²) >= 11 is 2.07. The van der Waals surface area contributed by atoms with E-state index < -0.39 is 5.97 Å². The molecule has 0 atom stereocenters. The van der Waals surface area contributed by atoms with Crippen LogP contribution in [-0.2, 0) is 20.7 Å². The number of nitrogens with one attached hydrogen (secondary N) is 1. The molecular formula is C21H22FIN2O5. The van der Waals surface area contributed by atoms with Crippen molar-refractivity contribution < 1.29 is 28.2 Å². The second kappa shape index (κ2) is 12.1. The van der Waals surface area contributed by atoms with E-state index in [2.05, 4.69) is 33.1 Å². The number of halogens is 2. The highest BCUT2D eigenvalue weighted by Crippen LogP contribution is 2.34. The molecule has 0 saturated heterocycles. The molecule has 0 heterocycles. The van der Waals surface area contributed by atoms with Crippen LogP contribution in [0, 0.1) is 9.39 Å². The normalized spacial score (nSPS) is 10.7. The summed E-state index contributed by atoms with van der Waals surface area (Å²) in [7, 11) is 0. The molecule has 1 amide bonds. The zero-order chi connectivity index (χ0) is 21.9. The van der Waals surface area contributed by atoms with Crippen molar-refractivity contribution in [2.75, 3.05) is 19.8 Å². The Hall–Kier alpha value is -2.69. The molecule has 0 aliphatic rings. The van der Waals surface area contributed by atoms with Crippen molar-refractivity contribution in [3.8, 4) is 11.5 Å². The number of ether oxygens (including phenoxy) is 3. The first kappa shape index (κ1) is 23.6. The van der Waals surface area contributed by atoms with Crippen LogP contribution in [0.4, 0.5) is 4.39 Å². The topological polar surface area (TPSA) is 86.2 Å². The monoisotopic (exact) mass is 528 g/mol. The third-order valence-electron chi connectivity index (χ3n) is 3.65. The average molecular weight is 528 g/mol. The largest absolute Gasteiger partial charge is 0.490 e. The molecule has 0 aromatic heterocycles. The van der Waals surface area contributed by atoms with Crippen LogP contribution in [0.5, 0.6) is 11.5 Å². The Morgan fingerprint density at radius 1 is 1.13 bits per heavy atom. The van der Waals surface area contributed by atoms with Gasteiger partial charge in [-0.2, -0.15) is 5.10 Å². The van der Waals surface area contributed by atoms with Crippen LogP contribution < -0.4 is 14.9 Å². The van der Waals surface area contributed by atoms with Crippen LogP contribution in [-0.4, -0.2) is 37.9 Å². The van der Waals surface area contributed by atoms with E-state index >= 15 is 0 Å². The lowest BCUT2D eigenvalue weighted by molar-refractivity contribution is -0.145. The number of amides is 1. The first-order valence-electron chi connectivity index (χ1n) is 9.24. The molecule has 0 saturated carbocycles. The highest BCUT2D eigenvalue weighted by atomic mass is 127. The molecular weight excluding hydrogens is 506 g/mol. The summed E-state index contributed by atoms with van der Waals surface area (Å²) in [5.41, 5.74) is 3.79. The number of rotatable bonds is 10. The van der Waals surface area contributed by atoms with Crippen LogP contribution in [0.15, 0.2) is 41.5 Å². The van der Waals surface area contributed by atoms with Crippen LogP contribution in [0.1, 0.15) is 25.0 Å². The molecule has 2 aromatic carbocycles. The SMILES string of the molecule is CCOC(=O)COc1c(I)cc(/C=N/NC(=O)Cc2ccc(F)cc2)cc1OCC. The fraction of sp³-hybridized carbons (Fsp3) is 0.286. The van der Waals surface area contributed by atoms with Crippen LogP contribution in [0.25, 0.3) is 0 Å². The first-order valence-corrected chi connectivity index (χ1v) is 10.3. The number of hydrogen-bond acceptors (Lipinski definition) is 6. The van der Waals surface area contributed by atoms with E-state index in [-0.39, 0.29) is 31.4 Å². The van der Waals surface area contributed by atoms with E-state index in [1.807, 2.05) is 6.92 Å². The zero-order valence-electron chi connectivity index (χ0n) is 16.6. The number of carbonyl (C=O) groups excluding carboxylic acids is 2. The van der Waals surface area contributed by atoms with Crippen LogP contribution >= 0.6 is 22.6 Å². The fourth-order valence-corrected chi connectivity index (χ4v) is 3.19. The third kappa shape index (κ3) is 7.62. The molecule has 0 unspecified atom stereocenters. The van der Waals surface area contributed by atoms with Gasteiger partial charge in [-0.05, 0) is 71.8 Å². The third-order valence-corrected chi connectivity index (χ3v) is 4.45. The molecule has 7 nitrogen and oxygen atoms in total. The summed E-state index contributed by atoms with van der Waals surface area (Å²) < 4.78 is 29.7. The standard InChI is InChI=1S/C21H22FIN2O5/c1-3-28-18-10-15(9-17(23)21(18)30-13-20(27)29-4-2)12-24-25-19(26)11-14-5-7-16(22)8-6-14/h5-10,12H,3-4,11,13H2,1-2H3,(H,25,26)/b24-12+. The van der Waals surface area contributed by atoms with Crippen LogP contribution in [0.3, 0.4) is 0 Å². The summed E-state index contributed by atoms with van der Waals surface area (Å²) in [6.07, 6.45) is 1.56. The highest BCUT2D eigenvalue weighted by Gasteiger charge is 2.14. The van der Waals surface area contributed by atoms with Crippen molar-refractivity contribution in [1.82, 2.24) is 5.43 Å². The summed E-state index contributed by atoms with van der Waals surface area (Å²) in [6, 6.07) is 9.17. The molecule has 2 rings (SSSR count). The number of carbonyl (C=O) groups is 2. The molecule has 30 heavy (non-hydrogen) atoms. The lowest BCUT2D eigenvalue weighted by atomic mass is 10.1. The van der Waals surface area contributed by atoms with Gasteiger partial charge < -0.3 is 14.2 Å². The lowest BCUT2D eigenvalue weighted by Crippen LogP contribution is -2.19. The lowest BCUT2D eigenvalue weighted by Gasteiger charge is -2.14. The zero-order valence-corrected chi connectivity index (χ0v) is 18.8. The Labute approximate surface area is 187 Å². The highest BCUT2D eigenvalue weighted by molar-refractivity contribution is 14.1. The van der Waals surface area contributed by atoms with Gasteiger partial charge in [-0.1, -0.05) is 12.1 Å². The van der Waals surface area contributed by atoms with Crippen molar-refractivity contribution in [2.45, 2.75) is 20.3 Å². The predicted molar refractivity (Wildman–Crippen MR) is 118 cm³/mol. The van der Waals surface area contributed by atoms with Gasteiger partial charge in [-0.3, -0.25) is 4.79 Å². The Kier molecular flexibility index (Phi) is 9.52. The van der Waals surface area contributed by atoms with E-state index in [4.69, 9.17) is 14.2 Å². The van der Waals surface area contributed by atoms with Gasteiger partial charge in [0.1, 0.15) is 5.82 Å². The average Bonchev–Trinajstić information content (AvgIpc) is 2.69. The second-order valence-corrected chi connectivity index (χ2v) is 7.12. The van der Waals surface area contributed by atoms with Gasteiger partial charge >= 0.3 is 5.97 Å². The number of nitrogens with zero attached hydrogens (tertiary/aromatic N) is 1. The summed E-state index contributed by atoms with van der Waals surface area (Å²) in [5, 5.41) is 3.95. The minimum Gasteiger partial charge on any atom is -0.490 e. The van der Waals surface area contributed by atoms with Gasteiger partial charge in [-0.25, -0.2) is 14.6 Å². The van der Waals surface area contributed by atoms with Crippen molar-refractivity contribution in [3.63, 3.8) is 0 Å². The van der Waals surface area contributed by atoms with Gasteiger partial charge in [0.2, 0.25) is 5.91 Å². The second-order valence-electron chi connectivity index (χ2n) is 5.95. The van der Waals surface area contributed by atoms with E-state index in [0.717, 1.165) is 0 Å². The van der Waals surface area contributed by atoms with Gasteiger partial charge in [0.25, 0.3) is 0 Å². The molecule has 0 bridgehead atoms. The number of hydrazone groups is 1. The molecule has 0 spiro atoms. The Bertz CT molecular complexity index is 903. The molecule has 0 radical (unpaired) electrons. The molecule has 9 heteroatoms. The number of benzene rings is 2. The van der Waals surface area contributed by atoms with Crippen molar-refractivity contribution in [2.24, 2.45) is 5.10 Å². The molecule has 0 fully saturated rings. The van der Waals surface area contributed by atoms with Crippen LogP contribution in [0.2, 0.25) is 0 Å². The smallest absolute Gasteiger partial charge is 0.344 e. The van der Waals surface area contributed by atoms with Crippen molar-refractivity contribution >= 4 is 40.7 Å². The fourth-order valence-electron chi connectivity index (χ4n) is 2.41. The van der Waals surface area contributed by atoms with Gasteiger partial charge in [0.15, 0.2) is 18.1 Å². The molecule has 1 N–H and O–H groups in total. The van der Waals surface area contributed by atoms with E-state index in [9.17, 15) is 14.0 Å². The van der Waals surface area contributed by atoms with E-state index in [0.29, 0.717) is 32.8 Å². The quantitative estimate of drug-likeness (QED) is 0.221. The Morgan fingerprint density at radius 3 is 2.53 bits per heavy atom. The first-order chi connectivity index (χ1) is 14.4. The minimum absolute atomic E-state index is 0.0833. The molecule has 2 aromatic rings. The Morgan fingerprint density at radius 2 is 1.87 bits per heavy atom. The van der Waals surface area contributed by atoms with E-state index in [1.54, 1.807) is 31.2 Å². The van der Waals surface area contributed by atoms with Crippen molar-refractivity contribution in [1.29, 1.82) is 0 Å². The number of hydrogen-bond donors (Lipinski definition) is 1. The maximum atomic E-state index is 12.9. The van der Waals surface area contributed by atoms with Gasteiger partial charge in [-0.15, -0.1) is 0 Å². The minimum atomic E-state index is -0.467.